The van der Waals surface area contributed by atoms with Gasteiger partial charge in [-0.2, -0.15) is 0 Å². The van der Waals surface area contributed by atoms with Gasteiger partial charge in [0.2, 0.25) is 0 Å². The van der Waals surface area contributed by atoms with Crippen LogP contribution in [0.15, 0.2) is 48.5 Å². The largest absolute Gasteiger partial charge is 0.331 e. The van der Waals surface area contributed by atoms with Crippen LogP contribution in [0, 0.1) is 5.82 Å². The zero-order valence-corrected chi connectivity index (χ0v) is 15.9. The van der Waals surface area contributed by atoms with Crippen molar-refractivity contribution in [2.75, 3.05) is 5.32 Å². The summed E-state index contributed by atoms with van der Waals surface area (Å²) in [6.45, 7) is 4.23. The fourth-order valence-electron chi connectivity index (χ4n) is 2.10. The van der Waals surface area contributed by atoms with Crippen molar-refractivity contribution in [3.05, 3.63) is 70.5 Å². The van der Waals surface area contributed by atoms with Gasteiger partial charge in [-0.05, 0) is 54.0 Å². The Morgan fingerprint density at radius 3 is 2.46 bits per heavy atom. The SMILES string of the molecule is CC(C)c1ccc(NC(=S)NNC(=O)/C=C/c2c(F)cccc2Cl)cc1. The van der Waals surface area contributed by atoms with E-state index in [9.17, 15) is 9.18 Å². The Labute approximate surface area is 162 Å². The van der Waals surface area contributed by atoms with E-state index in [0.717, 1.165) is 11.8 Å². The summed E-state index contributed by atoms with van der Waals surface area (Å²) in [5.41, 5.74) is 7.14. The van der Waals surface area contributed by atoms with Gasteiger partial charge < -0.3 is 5.32 Å². The van der Waals surface area contributed by atoms with Crippen LogP contribution in [-0.4, -0.2) is 11.0 Å². The molecule has 0 bridgehead atoms. The second kappa shape index (κ2) is 9.31. The summed E-state index contributed by atoms with van der Waals surface area (Å²) in [4.78, 5) is 11.8. The molecule has 4 nitrogen and oxygen atoms in total. The van der Waals surface area contributed by atoms with Crippen LogP contribution in [0.5, 0.6) is 0 Å². The standard InChI is InChI=1S/C19H19ClFN3OS/c1-12(2)13-6-8-14(9-7-13)22-19(26)24-23-18(25)11-10-15-16(20)4-3-5-17(15)21/h3-12H,1-2H3,(H,23,25)(H2,22,24,26)/b11-10+. The Morgan fingerprint density at radius 1 is 1.15 bits per heavy atom. The molecule has 3 N–H and O–H groups in total. The highest BCUT2D eigenvalue weighted by molar-refractivity contribution is 7.80. The van der Waals surface area contributed by atoms with Crippen molar-refractivity contribution in [2.45, 2.75) is 19.8 Å². The fraction of sp³-hybridized carbons (Fsp3) is 0.158. The van der Waals surface area contributed by atoms with E-state index in [1.165, 1.54) is 23.8 Å². The Kier molecular flexibility index (Phi) is 7.12. The van der Waals surface area contributed by atoms with Gasteiger partial charge in [-0.25, -0.2) is 4.39 Å². The minimum atomic E-state index is -0.503. The minimum absolute atomic E-state index is 0.148. The number of halogens is 2. The van der Waals surface area contributed by atoms with E-state index in [1.807, 2.05) is 24.3 Å². The number of hydrazine groups is 1. The molecule has 7 heteroatoms. The molecule has 0 fully saturated rings. The smallest absolute Gasteiger partial charge is 0.262 e. The zero-order valence-electron chi connectivity index (χ0n) is 14.3. The lowest BCUT2D eigenvalue weighted by Gasteiger charge is -2.12. The van der Waals surface area contributed by atoms with Gasteiger partial charge in [0.1, 0.15) is 5.82 Å². The predicted molar refractivity (Wildman–Crippen MR) is 108 cm³/mol. The molecule has 2 aromatic rings. The summed E-state index contributed by atoms with van der Waals surface area (Å²) in [5.74, 6) is -0.552. The summed E-state index contributed by atoms with van der Waals surface area (Å²) < 4.78 is 13.6. The predicted octanol–water partition coefficient (Wildman–Crippen LogP) is 4.63. The Bertz CT molecular complexity index is 802. The van der Waals surface area contributed by atoms with Gasteiger partial charge in [0.25, 0.3) is 5.91 Å². The quantitative estimate of drug-likeness (QED) is 0.404. The summed E-state index contributed by atoms with van der Waals surface area (Å²) in [7, 11) is 0. The first-order chi connectivity index (χ1) is 12.4. The minimum Gasteiger partial charge on any atom is -0.331 e. The highest BCUT2D eigenvalue weighted by Crippen LogP contribution is 2.20. The third kappa shape index (κ3) is 5.82. The van der Waals surface area contributed by atoms with Crippen molar-refractivity contribution < 1.29 is 9.18 Å². The van der Waals surface area contributed by atoms with Crippen molar-refractivity contribution in [3.8, 4) is 0 Å². The number of hydrogen-bond donors (Lipinski definition) is 3. The van der Waals surface area contributed by atoms with Crippen LogP contribution in [0.4, 0.5) is 10.1 Å². The van der Waals surface area contributed by atoms with Gasteiger partial charge in [0.15, 0.2) is 5.11 Å². The summed E-state index contributed by atoms with van der Waals surface area (Å²) in [5, 5.41) is 3.41. The molecule has 0 atom stereocenters. The lowest BCUT2D eigenvalue weighted by Crippen LogP contribution is -2.43. The van der Waals surface area contributed by atoms with E-state index in [2.05, 4.69) is 30.0 Å². The molecule has 0 heterocycles. The van der Waals surface area contributed by atoms with Crippen LogP contribution in [-0.2, 0) is 4.79 Å². The number of amides is 1. The molecule has 0 saturated carbocycles. The Morgan fingerprint density at radius 2 is 1.85 bits per heavy atom. The average molecular weight is 392 g/mol. The molecule has 0 aliphatic carbocycles. The summed E-state index contributed by atoms with van der Waals surface area (Å²) >= 11 is 11.0. The van der Waals surface area contributed by atoms with E-state index >= 15 is 0 Å². The highest BCUT2D eigenvalue weighted by atomic mass is 35.5. The molecule has 26 heavy (non-hydrogen) atoms. The molecule has 0 aliphatic rings. The monoisotopic (exact) mass is 391 g/mol. The van der Waals surface area contributed by atoms with E-state index in [4.69, 9.17) is 23.8 Å². The average Bonchev–Trinajstić information content (AvgIpc) is 2.60. The molecular weight excluding hydrogens is 373 g/mol. The number of carbonyl (C=O) groups is 1. The molecule has 0 saturated heterocycles. The molecule has 0 radical (unpaired) electrons. The van der Waals surface area contributed by atoms with E-state index < -0.39 is 11.7 Å². The lowest BCUT2D eigenvalue weighted by atomic mass is 10.0. The summed E-state index contributed by atoms with van der Waals surface area (Å²) in [6, 6.07) is 12.1. The van der Waals surface area contributed by atoms with Crippen LogP contribution in [0.2, 0.25) is 5.02 Å². The molecule has 0 aliphatic heterocycles. The zero-order chi connectivity index (χ0) is 19.1. The van der Waals surface area contributed by atoms with Crippen molar-refractivity contribution in [1.29, 1.82) is 0 Å². The van der Waals surface area contributed by atoms with Crippen molar-refractivity contribution in [3.63, 3.8) is 0 Å². The molecule has 1 amide bonds. The van der Waals surface area contributed by atoms with E-state index in [0.29, 0.717) is 5.92 Å². The number of thiocarbonyl (C=S) groups is 1. The van der Waals surface area contributed by atoms with E-state index in [-0.39, 0.29) is 15.7 Å². The highest BCUT2D eigenvalue weighted by Gasteiger charge is 2.05. The van der Waals surface area contributed by atoms with E-state index in [1.54, 1.807) is 6.07 Å². The number of anilines is 1. The van der Waals surface area contributed by atoms with Gasteiger partial charge >= 0.3 is 0 Å². The molecule has 2 rings (SSSR count). The van der Waals surface area contributed by atoms with Crippen LogP contribution in [0.1, 0.15) is 30.9 Å². The van der Waals surface area contributed by atoms with Crippen LogP contribution < -0.4 is 16.2 Å². The maximum atomic E-state index is 13.6. The number of rotatable bonds is 4. The van der Waals surface area contributed by atoms with Crippen LogP contribution in [0.25, 0.3) is 6.08 Å². The number of hydrogen-bond acceptors (Lipinski definition) is 2. The Hall–Kier alpha value is -2.44. The van der Waals surface area contributed by atoms with Gasteiger partial charge in [-0.3, -0.25) is 15.6 Å². The van der Waals surface area contributed by atoms with Crippen molar-refractivity contribution >= 4 is 46.6 Å². The van der Waals surface area contributed by atoms with Crippen LogP contribution >= 0.6 is 23.8 Å². The molecule has 136 valence electrons. The first kappa shape index (κ1) is 19.9. The van der Waals surface area contributed by atoms with Crippen molar-refractivity contribution in [1.82, 2.24) is 10.9 Å². The van der Waals surface area contributed by atoms with Gasteiger partial charge in [0, 0.05) is 17.3 Å². The molecule has 0 unspecified atom stereocenters. The topological polar surface area (TPSA) is 53.2 Å². The third-order valence-electron chi connectivity index (χ3n) is 3.54. The first-order valence-electron chi connectivity index (χ1n) is 7.96. The normalized spacial score (nSPS) is 10.8. The maximum Gasteiger partial charge on any atom is 0.262 e. The van der Waals surface area contributed by atoms with Gasteiger partial charge in [0.05, 0.1) is 5.02 Å². The summed E-state index contributed by atoms with van der Waals surface area (Å²) in [6.07, 6.45) is 2.47. The third-order valence-corrected chi connectivity index (χ3v) is 4.07. The second-order valence-corrected chi connectivity index (χ2v) is 6.63. The number of carbonyl (C=O) groups excluding carboxylic acids is 1. The van der Waals surface area contributed by atoms with Crippen molar-refractivity contribution in [2.24, 2.45) is 0 Å². The van der Waals surface area contributed by atoms with Gasteiger partial charge in [-0.1, -0.05) is 43.6 Å². The molecule has 2 aromatic carbocycles. The fourth-order valence-corrected chi connectivity index (χ4v) is 2.50. The van der Waals surface area contributed by atoms with Crippen LogP contribution in [0.3, 0.4) is 0 Å². The Balaban J connectivity index is 1.85. The molecule has 0 spiro atoms. The number of nitrogens with one attached hydrogen (secondary N) is 3. The molecule has 0 aromatic heterocycles. The maximum absolute atomic E-state index is 13.6. The van der Waals surface area contributed by atoms with Gasteiger partial charge in [-0.15, -0.1) is 0 Å². The first-order valence-corrected chi connectivity index (χ1v) is 8.74. The lowest BCUT2D eigenvalue weighted by molar-refractivity contribution is -0.116. The number of benzene rings is 2. The molecular formula is C19H19ClFN3OS. The second-order valence-electron chi connectivity index (χ2n) is 5.81.